The summed E-state index contributed by atoms with van der Waals surface area (Å²) in [6.07, 6.45) is 2.76. The van der Waals surface area contributed by atoms with Gasteiger partial charge in [0.25, 0.3) is 0 Å². The lowest BCUT2D eigenvalue weighted by Gasteiger charge is -2.10. The molecule has 0 aliphatic heterocycles. The largest absolute Gasteiger partial charge is 0.354 e. The first-order valence-corrected chi connectivity index (χ1v) is 6.88. The first-order valence-electron chi connectivity index (χ1n) is 4.82. The van der Waals surface area contributed by atoms with Crippen LogP contribution in [-0.2, 0) is 14.6 Å². The van der Waals surface area contributed by atoms with Crippen LogP contribution in [0.15, 0.2) is 0 Å². The number of hydrogen-bond acceptors (Lipinski definition) is 3. The van der Waals surface area contributed by atoms with E-state index in [9.17, 15) is 13.2 Å². The second-order valence-electron chi connectivity index (χ2n) is 3.61. The summed E-state index contributed by atoms with van der Waals surface area (Å²) in [6, 6.07) is 0.167. The lowest BCUT2D eigenvalue weighted by Crippen LogP contribution is -2.31. The van der Waals surface area contributed by atoms with Crippen molar-refractivity contribution in [1.82, 2.24) is 5.32 Å². The summed E-state index contributed by atoms with van der Waals surface area (Å²) in [5, 5.41) is 2.78. The zero-order valence-electron chi connectivity index (χ0n) is 9.04. The topological polar surface area (TPSA) is 63.2 Å². The Kier molecular flexibility index (Phi) is 5.76. The molecule has 84 valence electrons. The third kappa shape index (κ3) is 8.04. The highest BCUT2D eigenvalue weighted by atomic mass is 32.2. The van der Waals surface area contributed by atoms with E-state index >= 15 is 0 Å². The molecule has 5 heteroatoms. The smallest absolute Gasteiger partial charge is 0.220 e. The Balaban J connectivity index is 3.65. The van der Waals surface area contributed by atoms with Gasteiger partial charge >= 0.3 is 0 Å². The molecule has 0 aromatic rings. The Morgan fingerprint density at radius 3 is 2.43 bits per heavy atom. The summed E-state index contributed by atoms with van der Waals surface area (Å²) >= 11 is 0. The molecule has 0 aromatic carbocycles. The van der Waals surface area contributed by atoms with Crippen LogP contribution in [0, 0.1) is 0 Å². The van der Waals surface area contributed by atoms with Gasteiger partial charge in [0.2, 0.25) is 5.91 Å². The zero-order valence-corrected chi connectivity index (χ0v) is 9.86. The maximum atomic E-state index is 11.2. The highest BCUT2D eigenvalue weighted by Gasteiger charge is 2.07. The van der Waals surface area contributed by atoms with Crippen molar-refractivity contribution in [3.8, 4) is 0 Å². The highest BCUT2D eigenvalue weighted by Crippen LogP contribution is 1.96. The molecule has 0 radical (unpaired) electrons. The van der Waals surface area contributed by atoms with Gasteiger partial charge in [-0.2, -0.15) is 0 Å². The minimum atomic E-state index is -2.93. The summed E-state index contributed by atoms with van der Waals surface area (Å²) in [4.78, 5) is 11.2. The SMILES string of the molecule is CCC(C)NC(=O)CCCS(C)(=O)=O. The van der Waals surface area contributed by atoms with Gasteiger partial charge in [-0.25, -0.2) is 8.42 Å². The minimum Gasteiger partial charge on any atom is -0.354 e. The fourth-order valence-electron chi connectivity index (χ4n) is 0.944. The van der Waals surface area contributed by atoms with Gasteiger partial charge in [0, 0.05) is 18.7 Å². The van der Waals surface area contributed by atoms with Crippen molar-refractivity contribution in [3.63, 3.8) is 0 Å². The quantitative estimate of drug-likeness (QED) is 0.719. The first-order chi connectivity index (χ1) is 6.35. The number of hydrogen-bond donors (Lipinski definition) is 1. The highest BCUT2D eigenvalue weighted by molar-refractivity contribution is 7.90. The van der Waals surface area contributed by atoms with Crippen LogP contribution in [0.25, 0.3) is 0 Å². The molecular weight excluding hydrogens is 202 g/mol. The number of amides is 1. The molecule has 1 N–H and O–H groups in total. The van der Waals surface area contributed by atoms with Crippen LogP contribution >= 0.6 is 0 Å². The molecule has 14 heavy (non-hydrogen) atoms. The van der Waals surface area contributed by atoms with E-state index < -0.39 is 9.84 Å². The van der Waals surface area contributed by atoms with Crippen molar-refractivity contribution in [3.05, 3.63) is 0 Å². The van der Waals surface area contributed by atoms with Crippen molar-refractivity contribution in [2.24, 2.45) is 0 Å². The van der Waals surface area contributed by atoms with Crippen LogP contribution in [0.5, 0.6) is 0 Å². The normalized spacial score (nSPS) is 13.6. The second kappa shape index (κ2) is 6.01. The molecule has 4 nitrogen and oxygen atoms in total. The molecule has 0 aromatic heterocycles. The predicted molar refractivity (Wildman–Crippen MR) is 56.8 cm³/mol. The maximum absolute atomic E-state index is 11.2. The fourth-order valence-corrected chi connectivity index (χ4v) is 1.61. The molecule has 0 spiro atoms. The van der Waals surface area contributed by atoms with Crippen molar-refractivity contribution in [2.45, 2.75) is 39.2 Å². The lowest BCUT2D eigenvalue weighted by molar-refractivity contribution is -0.121. The summed E-state index contributed by atoms with van der Waals surface area (Å²) in [5.41, 5.74) is 0. The summed E-state index contributed by atoms with van der Waals surface area (Å²) < 4.78 is 21.5. The Bertz CT molecular complexity index is 272. The van der Waals surface area contributed by atoms with E-state index in [-0.39, 0.29) is 24.1 Å². The summed E-state index contributed by atoms with van der Waals surface area (Å²) in [7, 11) is -2.93. The standard InChI is InChI=1S/C9H19NO3S/c1-4-8(2)10-9(11)6-5-7-14(3,12)13/h8H,4-7H2,1-3H3,(H,10,11). The van der Waals surface area contributed by atoms with E-state index in [0.717, 1.165) is 6.42 Å². The van der Waals surface area contributed by atoms with Crippen molar-refractivity contribution >= 4 is 15.7 Å². The number of carbonyl (C=O) groups is 1. The molecule has 1 unspecified atom stereocenters. The van der Waals surface area contributed by atoms with E-state index in [1.807, 2.05) is 13.8 Å². The molecule has 0 fully saturated rings. The molecule has 0 rings (SSSR count). The molecule has 0 bridgehead atoms. The van der Waals surface area contributed by atoms with E-state index in [4.69, 9.17) is 0 Å². The number of carbonyl (C=O) groups excluding carboxylic acids is 1. The van der Waals surface area contributed by atoms with Crippen LogP contribution < -0.4 is 5.32 Å². The Morgan fingerprint density at radius 1 is 1.43 bits per heavy atom. The minimum absolute atomic E-state index is 0.0667. The number of sulfone groups is 1. The Morgan fingerprint density at radius 2 is 2.00 bits per heavy atom. The third-order valence-corrected chi connectivity index (χ3v) is 2.97. The molecule has 0 saturated carbocycles. The van der Waals surface area contributed by atoms with Crippen LogP contribution in [0.4, 0.5) is 0 Å². The van der Waals surface area contributed by atoms with Gasteiger partial charge in [-0.05, 0) is 19.8 Å². The number of nitrogens with one attached hydrogen (secondary N) is 1. The Hall–Kier alpha value is -0.580. The maximum Gasteiger partial charge on any atom is 0.220 e. The average Bonchev–Trinajstić information content (AvgIpc) is 2.01. The fraction of sp³-hybridized carbons (Fsp3) is 0.889. The van der Waals surface area contributed by atoms with Gasteiger partial charge in [-0.3, -0.25) is 4.79 Å². The first kappa shape index (κ1) is 13.4. The van der Waals surface area contributed by atoms with Crippen LogP contribution in [0.2, 0.25) is 0 Å². The monoisotopic (exact) mass is 221 g/mol. The van der Waals surface area contributed by atoms with E-state index in [0.29, 0.717) is 6.42 Å². The lowest BCUT2D eigenvalue weighted by atomic mass is 10.2. The van der Waals surface area contributed by atoms with Gasteiger partial charge in [0.05, 0.1) is 5.75 Å². The Labute approximate surface area is 86.0 Å². The van der Waals surface area contributed by atoms with Crippen LogP contribution in [0.1, 0.15) is 33.1 Å². The summed E-state index contributed by atoms with van der Waals surface area (Å²) in [6.45, 7) is 3.91. The van der Waals surface area contributed by atoms with E-state index in [2.05, 4.69) is 5.32 Å². The molecule has 1 atom stereocenters. The number of rotatable bonds is 6. The van der Waals surface area contributed by atoms with Gasteiger partial charge in [-0.15, -0.1) is 0 Å². The molecule has 0 saturated heterocycles. The third-order valence-electron chi connectivity index (χ3n) is 1.94. The van der Waals surface area contributed by atoms with Gasteiger partial charge < -0.3 is 5.32 Å². The molecule has 1 amide bonds. The second-order valence-corrected chi connectivity index (χ2v) is 5.87. The van der Waals surface area contributed by atoms with Gasteiger partial charge in [0.1, 0.15) is 9.84 Å². The zero-order chi connectivity index (χ0) is 11.2. The molecule has 0 aliphatic carbocycles. The average molecular weight is 221 g/mol. The molecule has 0 heterocycles. The van der Waals surface area contributed by atoms with E-state index in [1.165, 1.54) is 6.26 Å². The predicted octanol–water partition coefficient (Wildman–Crippen LogP) is 0.726. The van der Waals surface area contributed by atoms with Crippen LogP contribution in [0.3, 0.4) is 0 Å². The molecule has 0 aliphatic rings. The van der Waals surface area contributed by atoms with Crippen LogP contribution in [-0.4, -0.2) is 32.4 Å². The van der Waals surface area contributed by atoms with E-state index in [1.54, 1.807) is 0 Å². The van der Waals surface area contributed by atoms with Gasteiger partial charge in [0.15, 0.2) is 0 Å². The summed E-state index contributed by atoms with van der Waals surface area (Å²) in [5.74, 6) is 0.0176. The van der Waals surface area contributed by atoms with Crippen molar-refractivity contribution in [2.75, 3.05) is 12.0 Å². The van der Waals surface area contributed by atoms with Crippen molar-refractivity contribution in [1.29, 1.82) is 0 Å². The van der Waals surface area contributed by atoms with Crippen molar-refractivity contribution < 1.29 is 13.2 Å². The molecular formula is C9H19NO3S. The van der Waals surface area contributed by atoms with Gasteiger partial charge in [-0.1, -0.05) is 6.92 Å².